The smallest absolute Gasteiger partial charge is 0.208 e. The lowest BCUT2D eigenvalue weighted by molar-refractivity contribution is 0.317. The van der Waals surface area contributed by atoms with Crippen molar-refractivity contribution in [2.75, 3.05) is 0 Å². The molecule has 3 nitrogen and oxygen atoms in total. The van der Waals surface area contributed by atoms with E-state index in [4.69, 9.17) is 0 Å². The van der Waals surface area contributed by atoms with Crippen molar-refractivity contribution >= 4 is 10.0 Å². The zero-order valence-electron chi connectivity index (χ0n) is 10.2. The van der Waals surface area contributed by atoms with E-state index in [1.165, 1.54) is 0 Å². The molecule has 16 heavy (non-hydrogen) atoms. The standard InChI is InChI=1S/C12H19NO2S/c1-10(12(2,3)4)13-16(14,15)11-8-6-5-7-9-11/h5-10,13H,1-4H3. The van der Waals surface area contributed by atoms with E-state index in [-0.39, 0.29) is 11.5 Å². The Morgan fingerprint density at radius 2 is 1.62 bits per heavy atom. The maximum absolute atomic E-state index is 12.0. The average Bonchev–Trinajstić information content (AvgIpc) is 2.17. The third kappa shape index (κ3) is 3.32. The van der Waals surface area contributed by atoms with E-state index < -0.39 is 10.0 Å². The molecule has 0 aromatic heterocycles. The van der Waals surface area contributed by atoms with Gasteiger partial charge in [0.2, 0.25) is 10.0 Å². The number of sulfonamides is 1. The number of hydrogen-bond acceptors (Lipinski definition) is 2. The SMILES string of the molecule is CC(NS(=O)(=O)c1ccccc1)C(C)(C)C. The summed E-state index contributed by atoms with van der Waals surface area (Å²) in [6.07, 6.45) is 0. The van der Waals surface area contributed by atoms with Crippen LogP contribution in [-0.2, 0) is 10.0 Å². The van der Waals surface area contributed by atoms with Crippen molar-refractivity contribution in [3.8, 4) is 0 Å². The van der Waals surface area contributed by atoms with Gasteiger partial charge < -0.3 is 0 Å². The van der Waals surface area contributed by atoms with E-state index in [2.05, 4.69) is 4.72 Å². The van der Waals surface area contributed by atoms with Gasteiger partial charge in [-0.1, -0.05) is 39.0 Å². The third-order valence-corrected chi connectivity index (χ3v) is 4.24. The molecule has 1 aromatic carbocycles. The van der Waals surface area contributed by atoms with Gasteiger partial charge in [-0.3, -0.25) is 0 Å². The maximum Gasteiger partial charge on any atom is 0.240 e. The Kier molecular flexibility index (Phi) is 3.76. The molecule has 0 heterocycles. The quantitative estimate of drug-likeness (QED) is 0.883. The largest absolute Gasteiger partial charge is 0.240 e. The first-order chi connectivity index (χ1) is 7.23. The number of nitrogens with one attached hydrogen (secondary N) is 1. The fourth-order valence-corrected chi connectivity index (χ4v) is 2.55. The number of rotatable bonds is 3. The summed E-state index contributed by atoms with van der Waals surface area (Å²) in [5.41, 5.74) is -0.0954. The lowest BCUT2D eigenvalue weighted by Gasteiger charge is -2.27. The Balaban J connectivity index is 2.90. The molecule has 1 atom stereocenters. The van der Waals surface area contributed by atoms with Gasteiger partial charge in [-0.2, -0.15) is 0 Å². The van der Waals surface area contributed by atoms with Gasteiger partial charge in [0, 0.05) is 6.04 Å². The Bertz CT molecular complexity index is 432. The highest BCUT2D eigenvalue weighted by Crippen LogP contribution is 2.20. The van der Waals surface area contributed by atoms with Crippen LogP contribution < -0.4 is 4.72 Å². The Morgan fingerprint density at radius 3 is 2.06 bits per heavy atom. The molecule has 0 spiro atoms. The van der Waals surface area contributed by atoms with Gasteiger partial charge in [0.05, 0.1) is 4.90 Å². The van der Waals surface area contributed by atoms with E-state index in [1.807, 2.05) is 27.7 Å². The van der Waals surface area contributed by atoms with Gasteiger partial charge in [0.25, 0.3) is 0 Å². The van der Waals surface area contributed by atoms with Crippen LogP contribution in [0.4, 0.5) is 0 Å². The highest BCUT2D eigenvalue weighted by atomic mass is 32.2. The molecular weight excluding hydrogens is 222 g/mol. The minimum atomic E-state index is -3.39. The summed E-state index contributed by atoms with van der Waals surface area (Å²) in [7, 11) is -3.39. The number of benzene rings is 1. The van der Waals surface area contributed by atoms with Crippen LogP contribution in [-0.4, -0.2) is 14.5 Å². The first-order valence-electron chi connectivity index (χ1n) is 5.31. The minimum Gasteiger partial charge on any atom is -0.208 e. The van der Waals surface area contributed by atoms with Gasteiger partial charge in [0.15, 0.2) is 0 Å². The monoisotopic (exact) mass is 241 g/mol. The summed E-state index contributed by atoms with van der Waals surface area (Å²) in [6.45, 7) is 7.89. The van der Waals surface area contributed by atoms with E-state index in [1.54, 1.807) is 30.3 Å². The lowest BCUT2D eigenvalue weighted by Crippen LogP contribution is -2.41. The Morgan fingerprint density at radius 1 is 1.12 bits per heavy atom. The van der Waals surface area contributed by atoms with E-state index in [9.17, 15) is 8.42 Å². The molecule has 0 fully saturated rings. The topological polar surface area (TPSA) is 46.2 Å². The molecule has 0 bridgehead atoms. The summed E-state index contributed by atoms with van der Waals surface area (Å²) in [5, 5.41) is 0. The van der Waals surface area contributed by atoms with Gasteiger partial charge in [-0.05, 0) is 24.5 Å². The molecule has 0 aliphatic carbocycles. The van der Waals surface area contributed by atoms with Crippen molar-refractivity contribution in [3.05, 3.63) is 30.3 Å². The van der Waals surface area contributed by atoms with Crippen LogP contribution in [0.2, 0.25) is 0 Å². The third-order valence-electron chi connectivity index (χ3n) is 2.68. The van der Waals surface area contributed by atoms with Crippen LogP contribution in [0.15, 0.2) is 35.2 Å². The predicted octanol–water partition coefficient (Wildman–Crippen LogP) is 2.40. The fourth-order valence-electron chi connectivity index (χ4n) is 1.08. The Hall–Kier alpha value is -0.870. The lowest BCUT2D eigenvalue weighted by atomic mass is 9.89. The molecule has 4 heteroatoms. The van der Waals surface area contributed by atoms with Crippen LogP contribution in [0.3, 0.4) is 0 Å². The number of hydrogen-bond donors (Lipinski definition) is 1. The molecule has 0 saturated carbocycles. The molecule has 0 radical (unpaired) electrons. The molecule has 1 unspecified atom stereocenters. The van der Waals surface area contributed by atoms with Crippen molar-refractivity contribution in [2.24, 2.45) is 5.41 Å². The second kappa shape index (κ2) is 4.55. The van der Waals surface area contributed by atoms with Crippen molar-refractivity contribution in [1.29, 1.82) is 0 Å². The molecule has 90 valence electrons. The molecule has 1 aromatic rings. The van der Waals surface area contributed by atoms with Crippen LogP contribution >= 0.6 is 0 Å². The average molecular weight is 241 g/mol. The van der Waals surface area contributed by atoms with Gasteiger partial charge in [0.1, 0.15) is 0 Å². The molecule has 0 saturated heterocycles. The van der Waals surface area contributed by atoms with Gasteiger partial charge in [-0.15, -0.1) is 0 Å². The van der Waals surface area contributed by atoms with Crippen LogP contribution in [0.25, 0.3) is 0 Å². The molecule has 0 aliphatic rings. The highest BCUT2D eigenvalue weighted by Gasteiger charge is 2.25. The Labute approximate surface area is 97.9 Å². The molecule has 1 rings (SSSR count). The van der Waals surface area contributed by atoms with Crippen molar-refractivity contribution in [1.82, 2.24) is 4.72 Å². The second-order valence-electron chi connectivity index (χ2n) is 5.02. The normalized spacial score (nSPS) is 14.8. The zero-order chi connectivity index (χ0) is 12.4. The highest BCUT2D eigenvalue weighted by molar-refractivity contribution is 7.89. The van der Waals surface area contributed by atoms with Crippen LogP contribution in [0.1, 0.15) is 27.7 Å². The van der Waals surface area contributed by atoms with E-state index >= 15 is 0 Å². The molecule has 0 amide bonds. The summed E-state index contributed by atoms with van der Waals surface area (Å²) in [6, 6.07) is 8.31. The predicted molar refractivity (Wildman–Crippen MR) is 65.7 cm³/mol. The van der Waals surface area contributed by atoms with Crippen molar-refractivity contribution in [2.45, 2.75) is 38.6 Å². The van der Waals surface area contributed by atoms with E-state index in [0.717, 1.165) is 0 Å². The molecule has 1 N–H and O–H groups in total. The summed E-state index contributed by atoms with van der Waals surface area (Å²) in [4.78, 5) is 0.311. The van der Waals surface area contributed by atoms with Crippen molar-refractivity contribution < 1.29 is 8.42 Å². The summed E-state index contributed by atoms with van der Waals surface area (Å²) in [5.74, 6) is 0. The first kappa shape index (κ1) is 13.2. The first-order valence-corrected chi connectivity index (χ1v) is 6.79. The maximum atomic E-state index is 12.0. The van der Waals surface area contributed by atoms with Crippen LogP contribution in [0.5, 0.6) is 0 Å². The van der Waals surface area contributed by atoms with Crippen molar-refractivity contribution in [3.63, 3.8) is 0 Å². The van der Waals surface area contributed by atoms with Crippen LogP contribution in [0, 0.1) is 5.41 Å². The molecular formula is C12H19NO2S. The summed E-state index contributed by atoms with van der Waals surface area (Å²) < 4.78 is 26.6. The fraction of sp³-hybridized carbons (Fsp3) is 0.500. The minimum absolute atomic E-state index is 0.0954. The van der Waals surface area contributed by atoms with Gasteiger partial charge >= 0.3 is 0 Å². The van der Waals surface area contributed by atoms with E-state index in [0.29, 0.717) is 4.90 Å². The zero-order valence-corrected chi connectivity index (χ0v) is 11.0. The molecule has 0 aliphatic heterocycles. The second-order valence-corrected chi connectivity index (χ2v) is 6.74. The summed E-state index contributed by atoms with van der Waals surface area (Å²) >= 11 is 0. The van der Waals surface area contributed by atoms with Gasteiger partial charge in [-0.25, -0.2) is 13.1 Å².